The number of rotatable bonds is 4. The minimum atomic E-state index is 0.837. The van der Waals surface area contributed by atoms with Crippen LogP contribution < -0.4 is 0 Å². The van der Waals surface area contributed by atoms with Gasteiger partial charge in [0.1, 0.15) is 0 Å². The van der Waals surface area contributed by atoms with Gasteiger partial charge in [-0.15, -0.1) is 11.8 Å². The maximum absolute atomic E-state index is 4.44. The van der Waals surface area contributed by atoms with E-state index in [1.165, 1.54) is 30.1 Å². The van der Waals surface area contributed by atoms with Crippen molar-refractivity contribution in [1.29, 1.82) is 0 Å². The van der Waals surface area contributed by atoms with Gasteiger partial charge in [-0.1, -0.05) is 26.7 Å². The summed E-state index contributed by atoms with van der Waals surface area (Å²) in [6, 6.07) is 0. The summed E-state index contributed by atoms with van der Waals surface area (Å²) in [5.74, 6) is 2.05. The molecule has 0 saturated carbocycles. The third kappa shape index (κ3) is 3.28. The van der Waals surface area contributed by atoms with E-state index >= 15 is 0 Å². The molecule has 0 amide bonds. The lowest BCUT2D eigenvalue weighted by Crippen LogP contribution is -1.99. The molecule has 0 aromatic carbocycles. The van der Waals surface area contributed by atoms with Crippen LogP contribution >= 0.6 is 11.8 Å². The Morgan fingerprint density at radius 3 is 3.00 bits per heavy atom. The highest BCUT2D eigenvalue weighted by Crippen LogP contribution is 2.20. The average molecular weight is 171 g/mol. The first-order chi connectivity index (χ1) is 5.33. The maximum atomic E-state index is 4.44. The van der Waals surface area contributed by atoms with Gasteiger partial charge in [0.05, 0.1) is 5.04 Å². The topological polar surface area (TPSA) is 12.4 Å². The van der Waals surface area contributed by atoms with Gasteiger partial charge in [-0.05, 0) is 12.3 Å². The molecule has 1 nitrogen and oxygen atoms in total. The van der Waals surface area contributed by atoms with Crippen molar-refractivity contribution in [2.24, 2.45) is 10.9 Å². The molecule has 0 radical (unpaired) electrons. The molecule has 0 fully saturated rings. The van der Waals surface area contributed by atoms with Crippen LogP contribution in [0.4, 0.5) is 0 Å². The number of hydrogen-bond acceptors (Lipinski definition) is 2. The van der Waals surface area contributed by atoms with Crippen LogP contribution in [0.1, 0.15) is 33.1 Å². The van der Waals surface area contributed by atoms with Crippen molar-refractivity contribution in [1.82, 2.24) is 0 Å². The smallest absolute Gasteiger partial charge is 0.0679 e. The zero-order valence-corrected chi connectivity index (χ0v) is 8.28. The molecule has 0 aromatic heterocycles. The van der Waals surface area contributed by atoms with Gasteiger partial charge in [-0.2, -0.15) is 0 Å². The van der Waals surface area contributed by atoms with Gasteiger partial charge < -0.3 is 0 Å². The van der Waals surface area contributed by atoms with Crippen molar-refractivity contribution in [3.8, 4) is 0 Å². The Bertz CT molecular complexity index is 142. The van der Waals surface area contributed by atoms with Gasteiger partial charge >= 0.3 is 0 Å². The summed E-state index contributed by atoms with van der Waals surface area (Å²) in [5.41, 5.74) is 0. The molecule has 0 saturated heterocycles. The van der Waals surface area contributed by atoms with E-state index < -0.39 is 0 Å². The molecule has 0 N–H and O–H groups in total. The molecular weight excluding hydrogens is 154 g/mol. The number of thioether (sulfide) groups is 1. The Morgan fingerprint density at radius 1 is 1.64 bits per heavy atom. The van der Waals surface area contributed by atoms with Crippen molar-refractivity contribution >= 4 is 16.8 Å². The lowest BCUT2D eigenvalue weighted by atomic mass is 10.0. The van der Waals surface area contributed by atoms with E-state index in [0.717, 1.165) is 12.5 Å². The molecule has 0 spiro atoms. The van der Waals surface area contributed by atoms with E-state index in [4.69, 9.17) is 0 Å². The summed E-state index contributed by atoms with van der Waals surface area (Å²) >= 11 is 1.95. The zero-order chi connectivity index (χ0) is 8.10. The summed E-state index contributed by atoms with van der Waals surface area (Å²) in [5, 5.41) is 1.39. The standard InChI is InChI=1S/C9H17NS/c1-3-4-8(2)7-9-10-5-6-11-9/h8H,3-7H2,1-2H3. The minimum absolute atomic E-state index is 0.837. The molecule has 0 aliphatic carbocycles. The Balaban J connectivity index is 2.18. The van der Waals surface area contributed by atoms with E-state index in [9.17, 15) is 0 Å². The fourth-order valence-electron chi connectivity index (χ4n) is 1.40. The predicted molar refractivity (Wildman–Crippen MR) is 53.4 cm³/mol. The molecule has 1 aliphatic rings. The van der Waals surface area contributed by atoms with Crippen LogP contribution in [0.15, 0.2) is 4.99 Å². The average Bonchev–Trinajstić information content (AvgIpc) is 2.40. The lowest BCUT2D eigenvalue weighted by Gasteiger charge is -2.08. The van der Waals surface area contributed by atoms with Crippen molar-refractivity contribution in [3.05, 3.63) is 0 Å². The molecule has 2 heteroatoms. The highest BCUT2D eigenvalue weighted by Gasteiger charge is 2.10. The fourth-order valence-corrected chi connectivity index (χ4v) is 2.40. The van der Waals surface area contributed by atoms with Gasteiger partial charge in [-0.25, -0.2) is 0 Å². The van der Waals surface area contributed by atoms with Crippen LogP contribution in [0.3, 0.4) is 0 Å². The maximum Gasteiger partial charge on any atom is 0.0679 e. The van der Waals surface area contributed by atoms with Gasteiger partial charge in [-0.3, -0.25) is 4.99 Å². The second-order valence-corrected chi connectivity index (χ2v) is 4.39. The summed E-state index contributed by atoms with van der Waals surface area (Å²) in [4.78, 5) is 4.44. The van der Waals surface area contributed by atoms with Crippen LogP contribution in [-0.2, 0) is 0 Å². The Kier molecular flexibility index (Phi) is 3.98. The van der Waals surface area contributed by atoms with Crippen LogP contribution in [0.25, 0.3) is 0 Å². The van der Waals surface area contributed by atoms with E-state index in [2.05, 4.69) is 18.8 Å². The van der Waals surface area contributed by atoms with E-state index in [1.807, 2.05) is 11.8 Å². The second kappa shape index (κ2) is 4.81. The first-order valence-electron chi connectivity index (χ1n) is 4.49. The van der Waals surface area contributed by atoms with Crippen molar-refractivity contribution in [3.63, 3.8) is 0 Å². The van der Waals surface area contributed by atoms with Gasteiger partial charge in [0.2, 0.25) is 0 Å². The summed E-state index contributed by atoms with van der Waals surface area (Å²) in [6.45, 7) is 5.63. The van der Waals surface area contributed by atoms with Gasteiger partial charge in [0.25, 0.3) is 0 Å². The normalized spacial score (nSPS) is 20.0. The largest absolute Gasteiger partial charge is 0.282 e. The Hall–Kier alpha value is 0.0200. The number of aliphatic imine (C=N–C) groups is 1. The van der Waals surface area contributed by atoms with Crippen molar-refractivity contribution in [2.75, 3.05) is 12.3 Å². The molecular formula is C9H17NS. The first-order valence-corrected chi connectivity index (χ1v) is 5.47. The van der Waals surface area contributed by atoms with E-state index in [0.29, 0.717) is 0 Å². The molecule has 0 aromatic rings. The van der Waals surface area contributed by atoms with Crippen LogP contribution in [0, 0.1) is 5.92 Å². The van der Waals surface area contributed by atoms with Crippen LogP contribution in [0.5, 0.6) is 0 Å². The molecule has 1 rings (SSSR count). The van der Waals surface area contributed by atoms with Gasteiger partial charge in [0.15, 0.2) is 0 Å². The van der Waals surface area contributed by atoms with Crippen molar-refractivity contribution < 1.29 is 0 Å². The SMILES string of the molecule is CCCC(C)CC1=NCCS1. The van der Waals surface area contributed by atoms with Gasteiger partial charge in [0, 0.05) is 12.3 Å². The monoisotopic (exact) mass is 171 g/mol. The van der Waals surface area contributed by atoms with Crippen LogP contribution in [-0.4, -0.2) is 17.3 Å². The molecule has 1 heterocycles. The molecule has 64 valence electrons. The molecule has 1 unspecified atom stereocenters. The van der Waals surface area contributed by atoms with E-state index in [-0.39, 0.29) is 0 Å². The summed E-state index contributed by atoms with van der Waals surface area (Å²) in [6.07, 6.45) is 3.87. The lowest BCUT2D eigenvalue weighted by molar-refractivity contribution is 0.547. The van der Waals surface area contributed by atoms with Crippen molar-refractivity contribution in [2.45, 2.75) is 33.1 Å². The molecule has 0 bridgehead atoms. The third-order valence-corrected chi connectivity index (χ3v) is 2.97. The molecule has 1 atom stereocenters. The van der Waals surface area contributed by atoms with Crippen LogP contribution in [0.2, 0.25) is 0 Å². The minimum Gasteiger partial charge on any atom is -0.282 e. The van der Waals surface area contributed by atoms with E-state index in [1.54, 1.807) is 0 Å². The molecule has 11 heavy (non-hydrogen) atoms. The zero-order valence-electron chi connectivity index (χ0n) is 7.47. The summed E-state index contributed by atoms with van der Waals surface area (Å²) < 4.78 is 0. The molecule has 1 aliphatic heterocycles. The first kappa shape index (κ1) is 9.11. The fraction of sp³-hybridized carbons (Fsp3) is 0.889. The highest BCUT2D eigenvalue weighted by atomic mass is 32.2. The number of hydrogen-bond donors (Lipinski definition) is 0. The highest BCUT2D eigenvalue weighted by molar-refractivity contribution is 8.14. The quantitative estimate of drug-likeness (QED) is 0.633. The Labute approximate surface area is 73.7 Å². The number of nitrogens with zero attached hydrogens (tertiary/aromatic N) is 1. The Morgan fingerprint density at radius 2 is 2.45 bits per heavy atom. The summed E-state index contributed by atoms with van der Waals surface area (Å²) in [7, 11) is 0. The predicted octanol–water partition coefficient (Wildman–Crippen LogP) is 2.96. The third-order valence-electron chi connectivity index (χ3n) is 1.95. The second-order valence-electron chi connectivity index (χ2n) is 3.22.